The van der Waals surface area contributed by atoms with Gasteiger partial charge in [0, 0.05) is 6.42 Å². The van der Waals surface area contributed by atoms with E-state index in [9.17, 15) is 4.39 Å². The third-order valence-electron chi connectivity index (χ3n) is 2.12. The second-order valence-electron chi connectivity index (χ2n) is 2.93. The number of hydrogen-bond acceptors (Lipinski definition) is 0. The van der Waals surface area contributed by atoms with Gasteiger partial charge in [-0.3, -0.25) is 4.39 Å². The molecule has 0 aliphatic heterocycles. The quantitative estimate of drug-likeness (QED) is 0.653. The average molecular weight is 173 g/mol. The van der Waals surface area contributed by atoms with Crippen molar-refractivity contribution in [2.45, 2.75) is 0 Å². The molecule has 1 heteroatoms. The van der Waals surface area contributed by atoms with Crippen molar-refractivity contribution in [3.8, 4) is 0 Å². The van der Waals surface area contributed by atoms with E-state index in [1.165, 1.54) is 0 Å². The Bertz CT molecular complexity index is 401. The summed E-state index contributed by atoms with van der Waals surface area (Å²) in [5.74, 6) is 0. The van der Waals surface area contributed by atoms with Crippen molar-refractivity contribution in [2.24, 2.45) is 0 Å². The molecule has 0 aromatic heterocycles. The molecule has 2 aromatic rings. The van der Waals surface area contributed by atoms with Gasteiger partial charge in [0.25, 0.3) is 0 Å². The third-order valence-corrected chi connectivity index (χ3v) is 2.12. The molecule has 0 unspecified atom stereocenters. The molecule has 0 nitrogen and oxygen atoms in total. The van der Waals surface area contributed by atoms with Crippen LogP contribution < -0.4 is 0 Å². The maximum atomic E-state index is 12.2. The van der Waals surface area contributed by atoms with Crippen molar-refractivity contribution >= 4 is 10.8 Å². The fraction of sp³-hybridized carbons (Fsp3) is 0.0833. The molecule has 2 aromatic carbocycles. The molecule has 0 atom stereocenters. The van der Waals surface area contributed by atoms with Crippen molar-refractivity contribution in [3.05, 3.63) is 54.4 Å². The average Bonchev–Trinajstić information content (AvgIpc) is 2.19. The van der Waals surface area contributed by atoms with Crippen LogP contribution in [0.2, 0.25) is 0 Å². The first-order chi connectivity index (χ1) is 6.42. The molecule has 13 heavy (non-hydrogen) atoms. The first-order valence-corrected chi connectivity index (χ1v) is 4.29. The molecule has 65 valence electrons. The summed E-state index contributed by atoms with van der Waals surface area (Å²) in [7, 11) is 0. The SMILES string of the molecule is FC[CH]c1cccc2ccccc12. The predicted octanol–water partition coefficient (Wildman–Crippen LogP) is 3.36. The highest BCUT2D eigenvalue weighted by Gasteiger charge is 1.98. The Labute approximate surface area is 77.0 Å². The molecular weight excluding hydrogens is 163 g/mol. The van der Waals surface area contributed by atoms with Crippen LogP contribution in [-0.4, -0.2) is 6.67 Å². The normalized spacial score (nSPS) is 10.5. The number of alkyl halides is 1. The fourth-order valence-electron chi connectivity index (χ4n) is 1.51. The van der Waals surface area contributed by atoms with E-state index in [2.05, 4.69) is 0 Å². The van der Waals surface area contributed by atoms with Crippen molar-refractivity contribution in [1.82, 2.24) is 0 Å². The lowest BCUT2D eigenvalue weighted by atomic mass is 10.0. The van der Waals surface area contributed by atoms with Gasteiger partial charge >= 0.3 is 0 Å². The standard InChI is InChI=1S/C12H10F/c13-9-8-11-6-3-5-10-4-1-2-7-12(10)11/h1-8H,9H2. The van der Waals surface area contributed by atoms with Gasteiger partial charge in [0.15, 0.2) is 0 Å². The Morgan fingerprint density at radius 2 is 1.77 bits per heavy atom. The Morgan fingerprint density at radius 1 is 1.00 bits per heavy atom. The molecule has 0 saturated carbocycles. The molecule has 1 radical (unpaired) electrons. The van der Waals surface area contributed by atoms with E-state index in [4.69, 9.17) is 0 Å². The molecule has 0 N–H and O–H groups in total. The van der Waals surface area contributed by atoms with Gasteiger partial charge in [-0.2, -0.15) is 0 Å². The lowest BCUT2D eigenvalue weighted by molar-refractivity contribution is 0.545. The summed E-state index contributed by atoms with van der Waals surface area (Å²) < 4.78 is 12.2. The Morgan fingerprint density at radius 3 is 2.62 bits per heavy atom. The van der Waals surface area contributed by atoms with Crippen LogP contribution in [0.4, 0.5) is 4.39 Å². The van der Waals surface area contributed by atoms with Crippen molar-refractivity contribution in [1.29, 1.82) is 0 Å². The number of rotatable bonds is 2. The van der Waals surface area contributed by atoms with E-state index in [0.29, 0.717) is 0 Å². The van der Waals surface area contributed by atoms with Crippen LogP contribution in [0.25, 0.3) is 10.8 Å². The summed E-state index contributed by atoms with van der Waals surface area (Å²) >= 11 is 0. The predicted molar refractivity (Wildman–Crippen MR) is 53.3 cm³/mol. The van der Waals surface area contributed by atoms with Gasteiger partial charge in [0.1, 0.15) is 0 Å². The van der Waals surface area contributed by atoms with Crippen molar-refractivity contribution in [2.75, 3.05) is 6.67 Å². The van der Waals surface area contributed by atoms with Crippen LogP contribution in [0.15, 0.2) is 42.5 Å². The highest BCUT2D eigenvalue weighted by Crippen LogP contribution is 2.19. The minimum atomic E-state index is -0.409. The molecule has 0 fully saturated rings. The highest BCUT2D eigenvalue weighted by molar-refractivity contribution is 5.86. The maximum absolute atomic E-state index is 12.2. The van der Waals surface area contributed by atoms with Gasteiger partial charge in [0.05, 0.1) is 6.67 Å². The summed E-state index contributed by atoms with van der Waals surface area (Å²) in [6.45, 7) is -0.409. The van der Waals surface area contributed by atoms with Gasteiger partial charge in [-0.25, -0.2) is 0 Å². The first kappa shape index (κ1) is 8.24. The van der Waals surface area contributed by atoms with Crippen LogP contribution in [0.1, 0.15) is 5.56 Å². The zero-order valence-corrected chi connectivity index (χ0v) is 7.20. The van der Waals surface area contributed by atoms with E-state index in [1.807, 2.05) is 42.5 Å². The van der Waals surface area contributed by atoms with E-state index < -0.39 is 6.67 Å². The van der Waals surface area contributed by atoms with Gasteiger partial charge in [0.2, 0.25) is 0 Å². The Kier molecular flexibility index (Phi) is 2.26. The summed E-state index contributed by atoms with van der Waals surface area (Å²) in [6.07, 6.45) is 1.60. The van der Waals surface area contributed by atoms with Crippen LogP contribution >= 0.6 is 0 Å². The van der Waals surface area contributed by atoms with E-state index >= 15 is 0 Å². The summed E-state index contributed by atoms with van der Waals surface area (Å²) in [4.78, 5) is 0. The van der Waals surface area contributed by atoms with Crippen LogP contribution in [-0.2, 0) is 0 Å². The molecule has 0 spiro atoms. The fourth-order valence-corrected chi connectivity index (χ4v) is 1.51. The number of benzene rings is 2. The Hall–Kier alpha value is -1.37. The van der Waals surface area contributed by atoms with Crippen LogP contribution in [0.5, 0.6) is 0 Å². The van der Waals surface area contributed by atoms with Gasteiger partial charge in [-0.1, -0.05) is 42.5 Å². The van der Waals surface area contributed by atoms with Crippen molar-refractivity contribution < 1.29 is 4.39 Å². The zero-order chi connectivity index (χ0) is 9.10. The van der Waals surface area contributed by atoms with Gasteiger partial charge in [-0.05, 0) is 16.3 Å². The minimum Gasteiger partial charge on any atom is -0.250 e. The molecule has 0 aliphatic rings. The topological polar surface area (TPSA) is 0 Å². The second kappa shape index (κ2) is 3.56. The molecular formula is C12H10F. The van der Waals surface area contributed by atoms with E-state index in [1.54, 1.807) is 6.42 Å². The monoisotopic (exact) mass is 173 g/mol. The minimum absolute atomic E-state index is 0.409. The number of halogens is 1. The first-order valence-electron chi connectivity index (χ1n) is 4.29. The van der Waals surface area contributed by atoms with Gasteiger partial charge in [-0.15, -0.1) is 0 Å². The van der Waals surface area contributed by atoms with Crippen LogP contribution in [0.3, 0.4) is 0 Å². The second-order valence-corrected chi connectivity index (χ2v) is 2.93. The highest BCUT2D eigenvalue weighted by atomic mass is 19.1. The molecule has 0 heterocycles. The van der Waals surface area contributed by atoms with Crippen molar-refractivity contribution in [3.63, 3.8) is 0 Å². The van der Waals surface area contributed by atoms with E-state index in [0.717, 1.165) is 16.3 Å². The largest absolute Gasteiger partial charge is 0.250 e. The summed E-state index contributed by atoms with van der Waals surface area (Å²) in [5.41, 5.74) is 0.973. The number of fused-ring (bicyclic) bond motifs is 1. The zero-order valence-electron chi connectivity index (χ0n) is 7.20. The van der Waals surface area contributed by atoms with Crippen LogP contribution in [0, 0.1) is 6.42 Å². The molecule has 0 saturated heterocycles. The molecule has 0 aliphatic carbocycles. The number of hydrogen-bond donors (Lipinski definition) is 0. The molecule has 0 bridgehead atoms. The lowest BCUT2D eigenvalue weighted by Crippen LogP contribution is -1.85. The lowest BCUT2D eigenvalue weighted by Gasteiger charge is -2.02. The summed E-state index contributed by atoms with van der Waals surface area (Å²) in [6, 6.07) is 13.9. The molecule has 2 rings (SSSR count). The Balaban J connectivity index is 2.61. The van der Waals surface area contributed by atoms with Gasteiger partial charge < -0.3 is 0 Å². The molecule has 0 amide bonds. The summed E-state index contributed by atoms with van der Waals surface area (Å²) in [5, 5.41) is 2.27. The smallest absolute Gasteiger partial charge is 0.0970 e. The van der Waals surface area contributed by atoms with E-state index in [-0.39, 0.29) is 0 Å². The maximum Gasteiger partial charge on any atom is 0.0970 e. The third kappa shape index (κ3) is 1.55.